The Hall–Kier alpha value is -4.57. The van der Waals surface area contributed by atoms with Crippen LogP contribution in [0.4, 0.5) is 9.18 Å². The number of benzene rings is 3. The van der Waals surface area contributed by atoms with Crippen LogP contribution in [0.15, 0.2) is 48.5 Å². The second-order valence-electron chi connectivity index (χ2n) is 16.1. The number of halogens is 2. The maximum Gasteiger partial charge on any atom is 0.410 e. The van der Waals surface area contributed by atoms with Gasteiger partial charge in [-0.25, -0.2) is 14.0 Å². The molecule has 2 aromatic heterocycles. The zero-order valence-electron chi connectivity index (χ0n) is 32.2. The third kappa shape index (κ3) is 8.17. The molecule has 3 heterocycles. The average Bonchev–Trinajstić information content (AvgIpc) is 3.47. The summed E-state index contributed by atoms with van der Waals surface area (Å²) in [5.74, 6) is 0.192. The largest absolute Gasteiger partial charge is 0.493 e. The summed E-state index contributed by atoms with van der Waals surface area (Å²) in [6, 6.07) is 14.2. The maximum atomic E-state index is 14.3. The molecule has 5 aromatic rings. The molecule has 0 bridgehead atoms. The third-order valence-electron chi connectivity index (χ3n) is 9.63. The topological polar surface area (TPSA) is 87.8 Å². The van der Waals surface area contributed by atoms with Gasteiger partial charge in [-0.2, -0.15) is 5.10 Å². The third-order valence-corrected chi connectivity index (χ3v) is 9.95. The van der Waals surface area contributed by atoms with E-state index in [1.165, 1.54) is 12.1 Å². The molecule has 0 atom stereocenters. The molecule has 3 aromatic carbocycles. The van der Waals surface area contributed by atoms with Gasteiger partial charge in [-0.05, 0) is 122 Å². The van der Waals surface area contributed by atoms with Crippen LogP contribution in [0.25, 0.3) is 32.8 Å². The number of hydrogen-bond donors (Lipinski definition) is 0. The number of ether oxygens (including phenoxy) is 3. The van der Waals surface area contributed by atoms with Crippen LogP contribution in [0.5, 0.6) is 5.75 Å². The second-order valence-corrected chi connectivity index (χ2v) is 16.5. The summed E-state index contributed by atoms with van der Waals surface area (Å²) in [5.41, 5.74) is 4.46. The molecule has 0 aliphatic carbocycles. The Balaban J connectivity index is 1.39. The van der Waals surface area contributed by atoms with E-state index in [0.29, 0.717) is 55.5 Å². The van der Waals surface area contributed by atoms with Crippen LogP contribution in [0, 0.1) is 25.6 Å². The molecule has 6 rings (SSSR count). The highest BCUT2D eigenvalue weighted by Gasteiger charge is 2.35. The molecule has 11 heteroatoms. The van der Waals surface area contributed by atoms with Crippen LogP contribution in [0.3, 0.4) is 0 Å². The number of nitrogens with zero attached hydrogens (tertiary/aromatic N) is 4. The van der Waals surface area contributed by atoms with Crippen molar-refractivity contribution >= 4 is 45.3 Å². The maximum absolute atomic E-state index is 14.3. The fourth-order valence-corrected chi connectivity index (χ4v) is 7.47. The van der Waals surface area contributed by atoms with Gasteiger partial charge in [0.1, 0.15) is 28.5 Å². The Kier molecular flexibility index (Phi) is 10.6. The molecule has 0 saturated carbocycles. The van der Waals surface area contributed by atoms with Crippen LogP contribution in [-0.2, 0) is 29.5 Å². The normalized spacial score (nSPS) is 13.8. The van der Waals surface area contributed by atoms with Gasteiger partial charge >= 0.3 is 12.1 Å². The number of carbonyl (C=O) groups excluding carboxylic acids is 2. The molecule has 282 valence electrons. The van der Waals surface area contributed by atoms with Gasteiger partial charge in [-0.15, -0.1) is 0 Å². The van der Waals surface area contributed by atoms with E-state index in [4.69, 9.17) is 30.9 Å². The summed E-state index contributed by atoms with van der Waals surface area (Å²) in [6.45, 7) is 17.2. The minimum Gasteiger partial charge on any atom is -0.493 e. The lowest BCUT2D eigenvalue weighted by Crippen LogP contribution is -2.51. The lowest BCUT2D eigenvalue weighted by molar-refractivity contribution is -0.00266. The van der Waals surface area contributed by atoms with Crippen molar-refractivity contribution in [3.8, 4) is 16.9 Å². The molecule has 0 N–H and O–H groups in total. The van der Waals surface area contributed by atoms with Gasteiger partial charge < -0.3 is 23.7 Å². The fourth-order valence-electron chi connectivity index (χ4n) is 7.22. The highest BCUT2D eigenvalue weighted by Crippen LogP contribution is 2.43. The summed E-state index contributed by atoms with van der Waals surface area (Å²) in [6.07, 6.45) is 1.54. The van der Waals surface area contributed by atoms with E-state index in [1.54, 1.807) is 11.0 Å². The Morgan fingerprint density at radius 2 is 1.64 bits per heavy atom. The Morgan fingerprint density at radius 3 is 2.30 bits per heavy atom. The highest BCUT2D eigenvalue weighted by atomic mass is 35.5. The number of aryl methyl sites for hydroxylation is 4. The SMILES string of the molecule is Cc1nn(C)c(C)c1-c1c(Cl)ccc2c(CCCOc3cccc4cc(F)ccc34)c(C(=O)OC(C)(C)C)n(CCC3CN(C(=O)OC(C)(C)C)C3)c12. The smallest absolute Gasteiger partial charge is 0.410 e. The number of esters is 1. The van der Waals surface area contributed by atoms with Crippen molar-refractivity contribution < 1.29 is 28.2 Å². The lowest BCUT2D eigenvalue weighted by atomic mass is 9.96. The molecule has 1 aliphatic rings. The van der Waals surface area contributed by atoms with Gasteiger partial charge in [0.05, 0.1) is 22.8 Å². The van der Waals surface area contributed by atoms with Crippen molar-refractivity contribution in [3.63, 3.8) is 0 Å². The second kappa shape index (κ2) is 14.7. The van der Waals surface area contributed by atoms with Crippen molar-refractivity contribution in [2.24, 2.45) is 13.0 Å². The minimum atomic E-state index is -0.731. The molecule has 0 radical (unpaired) electrons. The van der Waals surface area contributed by atoms with Gasteiger partial charge in [0.2, 0.25) is 0 Å². The van der Waals surface area contributed by atoms with Gasteiger partial charge in [0, 0.05) is 54.3 Å². The number of aromatic nitrogens is 3. The predicted molar refractivity (Wildman–Crippen MR) is 207 cm³/mol. The number of rotatable bonds is 10. The van der Waals surface area contributed by atoms with E-state index in [0.717, 1.165) is 56.2 Å². The monoisotopic (exact) mass is 744 g/mol. The summed E-state index contributed by atoms with van der Waals surface area (Å²) in [7, 11) is 1.91. The summed E-state index contributed by atoms with van der Waals surface area (Å²) >= 11 is 7.10. The zero-order chi connectivity index (χ0) is 38.4. The Morgan fingerprint density at radius 1 is 0.943 bits per heavy atom. The zero-order valence-corrected chi connectivity index (χ0v) is 33.0. The molecule has 9 nitrogen and oxygen atoms in total. The van der Waals surface area contributed by atoms with Gasteiger partial charge in [0.25, 0.3) is 0 Å². The van der Waals surface area contributed by atoms with Crippen LogP contribution in [0.1, 0.15) is 81.8 Å². The lowest BCUT2D eigenvalue weighted by Gasteiger charge is -2.40. The predicted octanol–water partition coefficient (Wildman–Crippen LogP) is 9.83. The number of amides is 1. The van der Waals surface area contributed by atoms with Gasteiger partial charge in [-0.3, -0.25) is 4.68 Å². The molecule has 0 spiro atoms. The van der Waals surface area contributed by atoms with Crippen molar-refractivity contribution in [2.45, 2.75) is 92.4 Å². The Labute approximate surface area is 315 Å². The summed E-state index contributed by atoms with van der Waals surface area (Å²) in [5, 5.41) is 7.79. The Bertz CT molecular complexity index is 2190. The molecular formula is C42H50ClFN4O5. The molecule has 1 fully saturated rings. The van der Waals surface area contributed by atoms with Crippen LogP contribution >= 0.6 is 11.6 Å². The van der Waals surface area contributed by atoms with Gasteiger partial charge in [0.15, 0.2) is 0 Å². The standard InChI is InChI=1S/C42H50ClFN4O5/c1-25-35(26(2)46(9)45-25)36-33(43)18-17-32-31(13-11-21-51-34-14-10-12-28-22-29(44)15-16-30(28)34)38(39(49)52-41(3,4)5)48(37(32)36)20-19-27-23-47(24-27)40(50)53-42(6,7)8/h10,12,14-18,22,27H,11,13,19-21,23-24H2,1-9H3. The van der Waals surface area contributed by atoms with Crippen molar-refractivity contribution in [1.29, 1.82) is 0 Å². The van der Waals surface area contributed by atoms with Crippen LogP contribution in [-0.4, -0.2) is 62.2 Å². The summed E-state index contributed by atoms with van der Waals surface area (Å²) in [4.78, 5) is 28.8. The van der Waals surface area contributed by atoms with E-state index in [-0.39, 0.29) is 17.8 Å². The number of carbonyl (C=O) groups is 2. The van der Waals surface area contributed by atoms with Crippen LogP contribution in [0.2, 0.25) is 5.02 Å². The van der Waals surface area contributed by atoms with E-state index in [2.05, 4.69) is 4.57 Å². The van der Waals surface area contributed by atoms with Gasteiger partial charge in [-0.1, -0.05) is 29.8 Å². The minimum absolute atomic E-state index is 0.224. The fraction of sp³-hybridized carbons (Fsp3) is 0.452. The molecule has 1 aliphatic heterocycles. The van der Waals surface area contributed by atoms with E-state index < -0.39 is 17.2 Å². The van der Waals surface area contributed by atoms with Crippen molar-refractivity contribution in [2.75, 3.05) is 19.7 Å². The first kappa shape index (κ1) is 38.2. The van der Waals surface area contributed by atoms with E-state index in [9.17, 15) is 14.0 Å². The molecule has 1 amide bonds. The van der Waals surface area contributed by atoms with Crippen molar-refractivity contribution in [1.82, 2.24) is 19.2 Å². The van der Waals surface area contributed by atoms with Crippen molar-refractivity contribution in [3.05, 3.63) is 82.0 Å². The van der Waals surface area contributed by atoms with E-state index >= 15 is 0 Å². The average molecular weight is 745 g/mol. The molecule has 53 heavy (non-hydrogen) atoms. The number of fused-ring (bicyclic) bond motifs is 2. The summed E-state index contributed by atoms with van der Waals surface area (Å²) < 4.78 is 35.8. The van der Waals surface area contributed by atoms with Crippen LogP contribution < -0.4 is 4.74 Å². The molecule has 1 saturated heterocycles. The first-order valence-electron chi connectivity index (χ1n) is 18.3. The first-order valence-corrected chi connectivity index (χ1v) is 18.7. The number of hydrogen-bond acceptors (Lipinski definition) is 6. The quantitative estimate of drug-likeness (QED) is 0.105. The molecular weight excluding hydrogens is 695 g/mol. The number of likely N-dealkylation sites (tertiary alicyclic amines) is 1. The highest BCUT2D eigenvalue weighted by molar-refractivity contribution is 6.35. The molecule has 0 unspecified atom stereocenters. The first-order chi connectivity index (χ1) is 24.9. The van der Waals surface area contributed by atoms with E-state index in [1.807, 2.05) is 97.5 Å².